The van der Waals surface area contributed by atoms with Crippen LogP contribution in [-0.4, -0.2) is 32.7 Å². The Hall–Kier alpha value is -4.33. The van der Waals surface area contributed by atoms with E-state index in [2.05, 4.69) is 51.2 Å². The van der Waals surface area contributed by atoms with Gasteiger partial charge in [-0.3, -0.25) is 9.69 Å². The summed E-state index contributed by atoms with van der Waals surface area (Å²) in [5.74, 6) is -0.156. The molecule has 0 fully saturated rings. The third-order valence-corrected chi connectivity index (χ3v) is 5.81. The molecule has 0 aliphatic carbocycles. The Kier molecular flexibility index (Phi) is 5.86. The Bertz CT molecular complexity index is 1330. The van der Waals surface area contributed by atoms with Gasteiger partial charge in [0.05, 0.1) is 5.70 Å². The summed E-state index contributed by atoms with van der Waals surface area (Å²) in [6, 6.07) is 24.2. The van der Waals surface area contributed by atoms with E-state index in [1.807, 2.05) is 37.3 Å². The molecule has 1 aliphatic heterocycles. The van der Waals surface area contributed by atoms with Crippen molar-refractivity contribution in [1.29, 1.82) is 0 Å². The van der Waals surface area contributed by atoms with E-state index in [0.29, 0.717) is 11.5 Å². The van der Waals surface area contributed by atoms with Gasteiger partial charge in [0.25, 0.3) is 5.95 Å². The molecule has 0 saturated heterocycles. The standard InChI is InChI=1S/C26H23FN6O/c1-18-11-13-20(14-12-18)24-15-23(19-7-3-2-4-8-19)32(26-29-30-31-33(24)26)17-25(34)28-16-21-9-5-6-10-22(21)27/h2-15,24H,16-17H2,1H3,(H,28,34)/t24-/m1/s1. The van der Waals surface area contributed by atoms with Crippen LogP contribution in [0.15, 0.2) is 84.9 Å². The number of amides is 1. The molecule has 0 spiro atoms. The number of fused-ring (bicyclic) bond motifs is 1. The van der Waals surface area contributed by atoms with Crippen LogP contribution in [0.4, 0.5) is 10.3 Å². The van der Waals surface area contributed by atoms with Gasteiger partial charge in [-0.05, 0) is 40.6 Å². The minimum atomic E-state index is -0.351. The highest BCUT2D eigenvalue weighted by atomic mass is 19.1. The highest BCUT2D eigenvalue weighted by molar-refractivity contribution is 5.89. The van der Waals surface area contributed by atoms with Crippen molar-refractivity contribution in [2.24, 2.45) is 0 Å². The average Bonchev–Trinajstić information content (AvgIpc) is 3.35. The first-order chi connectivity index (χ1) is 16.6. The molecule has 170 valence electrons. The first-order valence-electron chi connectivity index (χ1n) is 11.0. The first kappa shape index (κ1) is 21.5. The highest BCUT2D eigenvalue weighted by Crippen LogP contribution is 2.36. The second kappa shape index (κ2) is 9.27. The fourth-order valence-electron chi connectivity index (χ4n) is 4.02. The third kappa shape index (κ3) is 4.30. The monoisotopic (exact) mass is 454 g/mol. The van der Waals surface area contributed by atoms with Crippen LogP contribution in [0.5, 0.6) is 0 Å². The predicted molar refractivity (Wildman–Crippen MR) is 127 cm³/mol. The van der Waals surface area contributed by atoms with Crippen molar-refractivity contribution in [3.05, 3.63) is 113 Å². The molecule has 5 rings (SSSR count). The summed E-state index contributed by atoms with van der Waals surface area (Å²) in [5.41, 5.74) is 4.40. The van der Waals surface area contributed by atoms with Gasteiger partial charge in [-0.2, -0.15) is 4.68 Å². The molecule has 4 aromatic rings. The molecule has 2 heterocycles. The number of allylic oxidation sites excluding steroid dienone is 1. The second-order valence-corrected chi connectivity index (χ2v) is 8.15. The molecule has 0 unspecified atom stereocenters. The summed E-state index contributed by atoms with van der Waals surface area (Å²) in [5, 5.41) is 15.2. The van der Waals surface area contributed by atoms with Crippen molar-refractivity contribution < 1.29 is 9.18 Å². The van der Waals surface area contributed by atoms with Crippen LogP contribution < -0.4 is 10.2 Å². The van der Waals surface area contributed by atoms with Gasteiger partial charge >= 0.3 is 0 Å². The second-order valence-electron chi connectivity index (χ2n) is 8.15. The number of anilines is 1. The molecule has 3 aromatic carbocycles. The van der Waals surface area contributed by atoms with Crippen LogP contribution in [0.3, 0.4) is 0 Å². The van der Waals surface area contributed by atoms with Gasteiger partial charge in [0.15, 0.2) is 0 Å². The number of aryl methyl sites for hydroxylation is 1. The summed E-state index contributed by atoms with van der Waals surface area (Å²) in [7, 11) is 0. The van der Waals surface area contributed by atoms with E-state index in [-0.39, 0.29) is 30.9 Å². The van der Waals surface area contributed by atoms with Gasteiger partial charge in [-0.1, -0.05) is 83.5 Å². The van der Waals surface area contributed by atoms with Crippen molar-refractivity contribution in [2.45, 2.75) is 19.5 Å². The summed E-state index contributed by atoms with van der Waals surface area (Å²) in [6.45, 7) is 2.12. The van der Waals surface area contributed by atoms with Crippen molar-refractivity contribution in [3.8, 4) is 0 Å². The summed E-state index contributed by atoms with van der Waals surface area (Å²) >= 11 is 0. The van der Waals surface area contributed by atoms with E-state index in [1.165, 1.54) is 6.07 Å². The SMILES string of the molecule is Cc1ccc([C@H]2C=C(c3ccccc3)N(CC(=O)NCc3ccccc3F)c3nnnn32)cc1. The number of nitrogens with zero attached hydrogens (tertiary/aromatic N) is 5. The van der Waals surface area contributed by atoms with Gasteiger partial charge in [-0.15, -0.1) is 0 Å². The minimum Gasteiger partial charge on any atom is -0.350 e. The average molecular weight is 455 g/mol. The van der Waals surface area contributed by atoms with E-state index in [0.717, 1.165) is 22.4 Å². The lowest BCUT2D eigenvalue weighted by atomic mass is 10.00. The lowest BCUT2D eigenvalue weighted by Crippen LogP contribution is -2.40. The predicted octanol–water partition coefficient (Wildman–Crippen LogP) is 3.89. The normalized spacial score (nSPS) is 14.9. The quantitative estimate of drug-likeness (QED) is 0.478. The van der Waals surface area contributed by atoms with Crippen molar-refractivity contribution in [3.63, 3.8) is 0 Å². The molecular formula is C26H23FN6O. The number of hydrogen-bond acceptors (Lipinski definition) is 5. The minimum absolute atomic E-state index is 0.0177. The zero-order valence-electron chi connectivity index (χ0n) is 18.6. The van der Waals surface area contributed by atoms with Crippen molar-refractivity contribution >= 4 is 17.6 Å². The summed E-state index contributed by atoms with van der Waals surface area (Å²) in [4.78, 5) is 14.7. The van der Waals surface area contributed by atoms with E-state index in [9.17, 15) is 9.18 Å². The molecular weight excluding hydrogens is 431 g/mol. The van der Waals surface area contributed by atoms with E-state index < -0.39 is 0 Å². The highest BCUT2D eigenvalue weighted by Gasteiger charge is 2.31. The summed E-state index contributed by atoms with van der Waals surface area (Å²) in [6.07, 6.45) is 2.06. The Balaban J connectivity index is 1.47. The van der Waals surface area contributed by atoms with E-state index in [4.69, 9.17) is 0 Å². The third-order valence-electron chi connectivity index (χ3n) is 5.81. The van der Waals surface area contributed by atoms with Gasteiger partial charge in [-0.25, -0.2) is 4.39 Å². The molecule has 8 heteroatoms. The summed E-state index contributed by atoms with van der Waals surface area (Å²) < 4.78 is 15.7. The first-order valence-corrected chi connectivity index (χ1v) is 11.0. The van der Waals surface area contributed by atoms with Crippen LogP contribution in [-0.2, 0) is 11.3 Å². The number of aromatic nitrogens is 4. The van der Waals surface area contributed by atoms with Crippen LogP contribution in [0, 0.1) is 12.7 Å². The number of carbonyl (C=O) groups is 1. The maximum Gasteiger partial charge on any atom is 0.251 e. The van der Waals surface area contributed by atoms with Crippen LogP contribution in [0.1, 0.15) is 28.3 Å². The largest absolute Gasteiger partial charge is 0.350 e. The fraction of sp³-hybridized carbons (Fsp3) is 0.154. The number of halogens is 1. The number of tetrazole rings is 1. The van der Waals surface area contributed by atoms with Crippen LogP contribution in [0.25, 0.3) is 5.70 Å². The van der Waals surface area contributed by atoms with Crippen molar-refractivity contribution in [2.75, 3.05) is 11.4 Å². The maximum atomic E-state index is 14.0. The maximum absolute atomic E-state index is 14.0. The topological polar surface area (TPSA) is 75.9 Å². The van der Waals surface area contributed by atoms with Gasteiger partial charge in [0.1, 0.15) is 18.4 Å². The zero-order valence-corrected chi connectivity index (χ0v) is 18.6. The molecule has 1 aromatic heterocycles. The number of rotatable bonds is 6. The van der Waals surface area contributed by atoms with Crippen LogP contribution in [0.2, 0.25) is 0 Å². The Morgan fingerprint density at radius 3 is 2.50 bits per heavy atom. The van der Waals surface area contributed by atoms with E-state index in [1.54, 1.807) is 27.8 Å². The molecule has 0 bridgehead atoms. The molecule has 1 aliphatic rings. The van der Waals surface area contributed by atoms with E-state index >= 15 is 0 Å². The Morgan fingerprint density at radius 1 is 1.00 bits per heavy atom. The fourth-order valence-corrected chi connectivity index (χ4v) is 4.02. The number of hydrogen-bond donors (Lipinski definition) is 1. The molecule has 1 amide bonds. The number of benzene rings is 3. The number of nitrogens with one attached hydrogen (secondary N) is 1. The number of carbonyl (C=O) groups excluding carboxylic acids is 1. The molecule has 34 heavy (non-hydrogen) atoms. The lowest BCUT2D eigenvalue weighted by molar-refractivity contribution is -0.119. The Labute approximate surface area is 196 Å². The lowest BCUT2D eigenvalue weighted by Gasteiger charge is -2.32. The van der Waals surface area contributed by atoms with Gasteiger partial charge < -0.3 is 5.32 Å². The van der Waals surface area contributed by atoms with Crippen LogP contribution >= 0.6 is 0 Å². The van der Waals surface area contributed by atoms with Crippen molar-refractivity contribution in [1.82, 2.24) is 25.5 Å². The van der Waals surface area contributed by atoms with Gasteiger partial charge in [0.2, 0.25) is 5.91 Å². The molecule has 1 N–H and O–H groups in total. The van der Waals surface area contributed by atoms with Gasteiger partial charge in [0, 0.05) is 12.1 Å². The Morgan fingerprint density at radius 2 is 1.74 bits per heavy atom. The smallest absolute Gasteiger partial charge is 0.251 e. The molecule has 1 atom stereocenters. The molecule has 0 saturated carbocycles. The molecule has 0 radical (unpaired) electrons. The molecule has 7 nitrogen and oxygen atoms in total. The zero-order chi connectivity index (χ0) is 23.5.